The van der Waals surface area contributed by atoms with Crippen LogP contribution >= 0.6 is 0 Å². The first kappa shape index (κ1) is 13.5. The average Bonchev–Trinajstić information content (AvgIpc) is 2.64. The fraction of sp³-hybridized carbons (Fsp3) is 0.667. The third-order valence-corrected chi connectivity index (χ3v) is 2.90. The van der Waals surface area contributed by atoms with E-state index in [-0.39, 0.29) is 5.91 Å². The van der Waals surface area contributed by atoms with E-state index in [1.807, 2.05) is 11.6 Å². The lowest BCUT2D eigenvalue weighted by Crippen LogP contribution is -2.18. The number of nitrogens with one attached hydrogen (secondary N) is 1. The van der Waals surface area contributed by atoms with Gasteiger partial charge >= 0.3 is 0 Å². The van der Waals surface area contributed by atoms with Crippen LogP contribution in [0.15, 0.2) is 0 Å². The molecule has 0 aliphatic rings. The molecule has 0 fully saturated rings. The van der Waals surface area contributed by atoms with Crippen LogP contribution in [-0.2, 0) is 24.2 Å². The number of rotatable bonds is 6. The second kappa shape index (κ2) is 6.27. The van der Waals surface area contributed by atoms with Gasteiger partial charge in [-0.15, -0.1) is 0 Å². The van der Waals surface area contributed by atoms with E-state index in [9.17, 15) is 4.79 Å². The molecule has 0 saturated carbocycles. The molecule has 1 rings (SSSR count). The summed E-state index contributed by atoms with van der Waals surface area (Å²) < 4.78 is 1.94. The van der Waals surface area contributed by atoms with Gasteiger partial charge in [0, 0.05) is 20.0 Å². The number of anilines is 1. The van der Waals surface area contributed by atoms with E-state index < -0.39 is 0 Å². The monoisotopic (exact) mass is 238 g/mol. The van der Waals surface area contributed by atoms with Crippen LogP contribution in [0.5, 0.6) is 0 Å². The Morgan fingerprint density at radius 3 is 2.65 bits per heavy atom. The van der Waals surface area contributed by atoms with Gasteiger partial charge in [0.1, 0.15) is 0 Å². The first-order chi connectivity index (χ1) is 8.13. The molecule has 5 nitrogen and oxygen atoms in total. The van der Waals surface area contributed by atoms with E-state index in [2.05, 4.69) is 17.3 Å². The van der Waals surface area contributed by atoms with Crippen molar-refractivity contribution in [3.63, 3.8) is 0 Å². The maximum absolute atomic E-state index is 11.1. The van der Waals surface area contributed by atoms with Crippen LogP contribution in [0, 0.1) is 0 Å². The molecule has 0 aliphatic heterocycles. The zero-order chi connectivity index (χ0) is 12.8. The second-order valence-electron chi connectivity index (χ2n) is 4.01. The van der Waals surface area contributed by atoms with E-state index >= 15 is 0 Å². The molecule has 5 heteroatoms. The molecular weight excluding hydrogens is 216 g/mol. The van der Waals surface area contributed by atoms with Crippen molar-refractivity contribution in [1.29, 1.82) is 0 Å². The molecule has 0 aromatic carbocycles. The van der Waals surface area contributed by atoms with Crippen LogP contribution in [0.4, 0.5) is 5.69 Å². The largest absolute Gasteiger partial charge is 0.396 e. The Kier molecular flexibility index (Phi) is 5.00. The van der Waals surface area contributed by atoms with Crippen molar-refractivity contribution in [2.45, 2.75) is 46.1 Å². The van der Waals surface area contributed by atoms with Gasteiger partial charge < -0.3 is 11.1 Å². The van der Waals surface area contributed by atoms with Crippen molar-refractivity contribution in [1.82, 2.24) is 15.1 Å². The average molecular weight is 238 g/mol. The molecule has 0 spiro atoms. The first-order valence-electron chi connectivity index (χ1n) is 6.18. The molecule has 3 N–H and O–H groups in total. The number of nitrogen functional groups attached to an aromatic ring is 1. The smallest absolute Gasteiger partial charge is 0.219 e. The van der Waals surface area contributed by atoms with Gasteiger partial charge in [0.15, 0.2) is 0 Å². The predicted octanol–water partition coefficient (Wildman–Crippen LogP) is 1.12. The number of hydrogen-bond acceptors (Lipinski definition) is 3. The normalized spacial score (nSPS) is 10.5. The molecule has 0 unspecified atom stereocenters. The lowest BCUT2D eigenvalue weighted by molar-refractivity contribution is -0.120. The van der Waals surface area contributed by atoms with Crippen molar-refractivity contribution in [2.24, 2.45) is 0 Å². The van der Waals surface area contributed by atoms with Crippen molar-refractivity contribution in [3.05, 3.63) is 11.4 Å². The zero-order valence-corrected chi connectivity index (χ0v) is 10.9. The Balaban J connectivity index is 2.67. The van der Waals surface area contributed by atoms with Crippen molar-refractivity contribution >= 4 is 11.6 Å². The second-order valence-corrected chi connectivity index (χ2v) is 4.01. The van der Waals surface area contributed by atoms with Gasteiger partial charge in [0.25, 0.3) is 0 Å². The van der Waals surface area contributed by atoms with Gasteiger partial charge in [0.05, 0.1) is 17.1 Å². The number of amides is 1. The highest BCUT2D eigenvalue weighted by Crippen LogP contribution is 2.18. The lowest BCUT2D eigenvalue weighted by Gasteiger charge is -2.05. The van der Waals surface area contributed by atoms with Gasteiger partial charge in [-0.3, -0.25) is 9.48 Å². The quantitative estimate of drug-likeness (QED) is 0.780. The summed E-state index contributed by atoms with van der Waals surface area (Å²) in [5.74, 6) is 0.0684. The Hall–Kier alpha value is -1.52. The topological polar surface area (TPSA) is 72.9 Å². The molecule has 17 heavy (non-hydrogen) atoms. The number of nitrogens with two attached hydrogens (primary N) is 1. The summed E-state index contributed by atoms with van der Waals surface area (Å²) >= 11 is 0. The number of aromatic nitrogens is 2. The third-order valence-electron chi connectivity index (χ3n) is 2.90. The van der Waals surface area contributed by atoms with Crippen LogP contribution < -0.4 is 11.1 Å². The highest BCUT2D eigenvalue weighted by molar-refractivity contribution is 5.75. The number of hydrogen-bond donors (Lipinski definition) is 2. The maximum Gasteiger partial charge on any atom is 0.219 e. The fourth-order valence-electron chi connectivity index (χ4n) is 1.90. The standard InChI is InChI=1S/C12H22N4O/c1-4-9-12(13)10(5-2)16(15-9)8-6-7-11(17)14-3/h4-8,13H2,1-3H3,(H,14,17). The number of nitrogens with zero attached hydrogens (tertiary/aromatic N) is 2. The van der Waals surface area contributed by atoms with Crippen LogP contribution in [0.25, 0.3) is 0 Å². The minimum atomic E-state index is 0.0684. The third kappa shape index (κ3) is 3.22. The molecule has 96 valence electrons. The summed E-state index contributed by atoms with van der Waals surface area (Å²) in [5.41, 5.74) is 8.88. The molecule has 0 bridgehead atoms. The number of aryl methyl sites for hydroxylation is 2. The molecule has 1 amide bonds. The summed E-state index contributed by atoms with van der Waals surface area (Å²) in [6, 6.07) is 0. The number of carbonyl (C=O) groups is 1. The van der Waals surface area contributed by atoms with Crippen LogP contribution in [0.1, 0.15) is 38.1 Å². The Morgan fingerprint density at radius 2 is 2.12 bits per heavy atom. The SMILES string of the molecule is CCc1nn(CCCC(=O)NC)c(CC)c1N. The van der Waals surface area contributed by atoms with Crippen molar-refractivity contribution < 1.29 is 4.79 Å². The molecule has 1 aromatic rings. The van der Waals surface area contributed by atoms with Gasteiger partial charge in [-0.2, -0.15) is 5.10 Å². The van der Waals surface area contributed by atoms with E-state index in [1.165, 1.54) is 0 Å². The minimum absolute atomic E-state index is 0.0684. The molecule has 0 aliphatic carbocycles. The van der Waals surface area contributed by atoms with Gasteiger partial charge in [-0.05, 0) is 19.3 Å². The molecule has 1 aromatic heterocycles. The van der Waals surface area contributed by atoms with Crippen molar-refractivity contribution in [2.75, 3.05) is 12.8 Å². The molecule has 0 saturated heterocycles. The van der Waals surface area contributed by atoms with Gasteiger partial charge in [0.2, 0.25) is 5.91 Å². The van der Waals surface area contributed by atoms with E-state index in [1.54, 1.807) is 7.05 Å². The summed E-state index contributed by atoms with van der Waals surface area (Å²) in [4.78, 5) is 11.1. The van der Waals surface area contributed by atoms with E-state index in [0.29, 0.717) is 6.42 Å². The Bertz CT molecular complexity index is 384. The summed E-state index contributed by atoms with van der Waals surface area (Å²) in [7, 11) is 1.65. The number of carbonyl (C=O) groups excluding carboxylic acids is 1. The van der Waals surface area contributed by atoms with Crippen LogP contribution in [0.2, 0.25) is 0 Å². The Morgan fingerprint density at radius 1 is 1.41 bits per heavy atom. The molecule has 1 heterocycles. The van der Waals surface area contributed by atoms with E-state index in [0.717, 1.165) is 42.9 Å². The molecule has 0 atom stereocenters. The molecular formula is C12H22N4O. The molecule has 0 radical (unpaired) electrons. The maximum atomic E-state index is 11.1. The van der Waals surface area contributed by atoms with Crippen LogP contribution in [-0.4, -0.2) is 22.7 Å². The minimum Gasteiger partial charge on any atom is -0.396 e. The van der Waals surface area contributed by atoms with E-state index in [4.69, 9.17) is 5.73 Å². The zero-order valence-electron chi connectivity index (χ0n) is 10.9. The van der Waals surface area contributed by atoms with Gasteiger partial charge in [-0.1, -0.05) is 13.8 Å². The first-order valence-corrected chi connectivity index (χ1v) is 6.18. The Labute approximate surface area is 102 Å². The summed E-state index contributed by atoms with van der Waals surface area (Å²) in [5, 5.41) is 7.10. The van der Waals surface area contributed by atoms with Crippen LogP contribution in [0.3, 0.4) is 0 Å². The highest BCUT2D eigenvalue weighted by atomic mass is 16.1. The van der Waals surface area contributed by atoms with Gasteiger partial charge in [-0.25, -0.2) is 0 Å². The summed E-state index contributed by atoms with van der Waals surface area (Å²) in [6.07, 6.45) is 3.04. The van der Waals surface area contributed by atoms with Crippen molar-refractivity contribution in [3.8, 4) is 0 Å². The summed E-state index contributed by atoms with van der Waals surface area (Å²) in [6.45, 7) is 4.87. The highest BCUT2D eigenvalue weighted by Gasteiger charge is 2.12. The predicted molar refractivity (Wildman–Crippen MR) is 68.7 cm³/mol. The lowest BCUT2D eigenvalue weighted by atomic mass is 10.2. The fourth-order valence-corrected chi connectivity index (χ4v) is 1.90.